The van der Waals surface area contributed by atoms with E-state index in [9.17, 15) is 4.79 Å². The molecule has 1 aromatic heterocycles. The Balaban J connectivity index is 1.60. The zero-order valence-electron chi connectivity index (χ0n) is 14.3. The largest absolute Gasteiger partial charge is 0.454 e. The fourth-order valence-electron chi connectivity index (χ4n) is 3.62. The van der Waals surface area contributed by atoms with Crippen LogP contribution < -0.4 is 9.47 Å². The van der Waals surface area contributed by atoms with Gasteiger partial charge in [-0.15, -0.1) is 0 Å². The zero-order valence-corrected chi connectivity index (χ0v) is 14.3. The van der Waals surface area contributed by atoms with Gasteiger partial charge < -0.3 is 14.4 Å². The molecule has 2 heterocycles. The molecule has 1 aliphatic heterocycles. The van der Waals surface area contributed by atoms with Crippen molar-refractivity contribution in [2.24, 2.45) is 0 Å². The minimum atomic E-state index is -0.0594. The standard InChI is InChI=1S/C18H22N4O3/c1-12-17(20-21-19-12)18(23)22(14-5-3-2-4-6-14)10-13-7-8-15-16(9-13)25-11-24-15/h7-9,14H,2-6,10-11H2,1H3,(H,19,20,21). The van der Waals surface area contributed by atoms with Crippen molar-refractivity contribution >= 4 is 5.91 Å². The third-order valence-electron chi connectivity index (χ3n) is 4.99. The lowest BCUT2D eigenvalue weighted by Gasteiger charge is -2.34. The number of hydrogen-bond donors (Lipinski definition) is 1. The highest BCUT2D eigenvalue weighted by Crippen LogP contribution is 2.34. The minimum absolute atomic E-state index is 0.0594. The fraction of sp³-hybridized carbons (Fsp3) is 0.500. The molecule has 0 saturated heterocycles. The van der Waals surface area contributed by atoms with Gasteiger partial charge in [-0.2, -0.15) is 15.4 Å². The quantitative estimate of drug-likeness (QED) is 0.924. The summed E-state index contributed by atoms with van der Waals surface area (Å²) in [5.41, 5.74) is 2.08. The number of carbonyl (C=O) groups excluding carboxylic acids is 1. The van der Waals surface area contributed by atoms with Crippen molar-refractivity contribution in [3.8, 4) is 11.5 Å². The first kappa shape index (κ1) is 15.9. The molecule has 7 heteroatoms. The molecule has 1 fully saturated rings. The number of amides is 1. The smallest absolute Gasteiger partial charge is 0.276 e. The summed E-state index contributed by atoms with van der Waals surface area (Å²) in [6, 6.07) is 6.10. The Labute approximate surface area is 146 Å². The number of nitrogens with zero attached hydrogens (tertiary/aromatic N) is 3. The van der Waals surface area contributed by atoms with E-state index in [2.05, 4.69) is 15.4 Å². The summed E-state index contributed by atoms with van der Waals surface area (Å²) in [5.74, 6) is 1.44. The summed E-state index contributed by atoms with van der Waals surface area (Å²) >= 11 is 0. The van der Waals surface area contributed by atoms with E-state index in [0.717, 1.165) is 42.7 Å². The van der Waals surface area contributed by atoms with Gasteiger partial charge in [0, 0.05) is 12.6 Å². The van der Waals surface area contributed by atoms with Crippen molar-refractivity contribution in [3.05, 3.63) is 35.2 Å². The second kappa shape index (κ2) is 6.74. The van der Waals surface area contributed by atoms with Crippen LogP contribution in [0.3, 0.4) is 0 Å². The van der Waals surface area contributed by atoms with Crippen LogP contribution in [0.15, 0.2) is 18.2 Å². The average Bonchev–Trinajstić information content (AvgIpc) is 3.28. The third-order valence-corrected chi connectivity index (χ3v) is 4.99. The minimum Gasteiger partial charge on any atom is -0.454 e. The molecule has 0 spiro atoms. The Morgan fingerprint density at radius 2 is 2.00 bits per heavy atom. The number of ether oxygens (including phenoxy) is 2. The second-order valence-corrected chi connectivity index (χ2v) is 6.67. The lowest BCUT2D eigenvalue weighted by Crippen LogP contribution is -2.41. The maximum atomic E-state index is 13.1. The SMILES string of the molecule is Cc1n[nH]nc1C(=O)N(Cc1ccc2c(c1)OCO2)C1CCCCC1. The fourth-order valence-corrected chi connectivity index (χ4v) is 3.62. The Kier molecular flexibility index (Phi) is 4.29. The van der Waals surface area contributed by atoms with Gasteiger partial charge in [0.15, 0.2) is 17.2 Å². The number of rotatable bonds is 4. The van der Waals surface area contributed by atoms with Gasteiger partial charge in [-0.1, -0.05) is 25.3 Å². The van der Waals surface area contributed by atoms with Crippen LogP contribution in [-0.2, 0) is 6.54 Å². The van der Waals surface area contributed by atoms with Crippen LogP contribution in [0.4, 0.5) is 0 Å². The molecule has 0 atom stereocenters. The first-order valence-electron chi connectivity index (χ1n) is 8.79. The molecular weight excluding hydrogens is 320 g/mol. The van der Waals surface area contributed by atoms with E-state index in [4.69, 9.17) is 9.47 Å². The molecule has 4 rings (SSSR count). The molecule has 1 amide bonds. The Hall–Kier alpha value is -2.57. The molecule has 1 aromatic carbocycles. The van der Waals surface area contributed by atoms with Crippen LogP contribution in [0.25, 0.3) is 0 Å². The third kappa shape index (κ3) is 3.18. The highest BCUT2D eigenvalue weighted by molar-refractivity contribution is 5.93. The Bertz CT molecular complexity index is 767. The number of aryl methyl sites for hydroxylation is 1. The van der Waals surface area contributed by atoms with Gasteiger partial charge in [0.1, 0.15) is 0 Å². The van der Waals surface area contributed by atoms with E-state index in [-0.39, 0.29) is 18.7 Å². The van der Waals surface area contributed by atoms with E-state index in [1.807, 2.05) is 23.1 Å². The van der Waals surface area contributed by atoms with E-state index < -0.39 is 0 Å². The molecule has 1 saturated carbocycles. The van der Waals surface area contributed by atoms with Crippen LogP contribution in [0.5, 0.6) is 11.5 Å². The van der Waals surface area contributed by atoms with Crippen LogP contribution in [0.2, 0.25) is 0 Å². The lowest BCUT2D eigenvalue weighted by molar-refractivity contribution is 0.0607. The summed E-state index contributed by atoms with van der Waals surface area (Å²) in [5, 5.41) is 10.6. The number of hydrogen-bond acceptors (Lipinski definition) is 5. The zero-order chi connectivity index (χ0) is 17.2. The van der Waals surface area contributed by atoms with Crippen molar-refractivity contribution in [1.29, 1.82) is 0 Å². The van der Waals surface area contributed by atoms with E-state index >= 15 is 0 Å². The molecule has 132 valence electrons. The lowest BCUT2D eigenvalue weighted by atomic mass is 9.93. The van der Waals surface area contributed by atoms with Gasteiger partial charge >= 0.3 is 0 Å². The van der Waals surface area contributed by atoms with Gasteiger partial charge in [-0.3, -0.25) is 4.79 Å². The number of aromatic nitrogens is 3. The normalized spacial score (nSPS) is 16.8. The molecular formula is C18H22N4O3. The van der Waals surface area contributed by atoms with Gasteiger partial charge in [0.2, 0.25) is 6.79 Å². The van der Waals surface area contributed by atoms with Crippen LogP contribution in [0, 0.1) is 6.92 Å². The number of H-pyrrole nitrogens is 1. The van der Waals surface area contributed by atoms with E-state index in [1.165, 1.54) is 6.42 Å². The van der Waals surface area contributed by atoms with Gasteiger partial charge in [-0.05, 0) is 37.5 Å². The second-order valence-electron chi connectivity index (χ2n) is 6.67. The molecule has 2 aliphatic rings. The van der Waals surface area contributed by atoms with Gasteiger partial charge in [0.25, 0.3) is 5.91 Å². The summed E-state index contributed by atoms with van der Waals surface area (Å²) in [4.78, 5) is 15.1. The predicted molar refractivity (Wildman–Crippen MR) is 90.4 cm³/mol. The van der Waals surface area contributed by atoms with Crippen molar-refractivity contribution in [2.45, 2.75) is 51.6 Å². The molecule has 2 aromatic rings. The number of nitrogens with one attached hydrogen (secondary N) is 1. The predicted octanol–water partition coefficient (Wildman–Crippen LogP) is 2.82. The first-order valence-corrected chi connectivity index (χ1v) is 8.79. The number of fused-ring (bicyclic) bond motifs is 1. The van der Waals surface area contributed by atoms with Crippen molar-refractivity contribution in [2.75, 3.05) is 6.79 Å². The average molecular weight is 342 g/mol. The summed E-state index contributed by atoms with van der Waals surface area (Å²) in [7, 11) is 0. The highest BCUT2D eigenvalue weighted by atomic mass is 16.7. The van der Waals surface area contributed by atoms with E-state index in [1.54, 1.807) is 6.92 Å². The molecule has 1 aliphatic carbocycles. The van der Waals surface area contributed by atoms with Crippen LogP contribution in [-0.4, -0.2) is 39.1 Å². The summed E-state index contributed by atoms with van der Waals surface area (Å²) in [6.45, 7) is 2.59. The highest BCUT2D eigenvalue weighted by Gasteiger charge is 2.29. The number of carbonyl (C=O) groups is 1. The maximum Gasteiger partial charge on any atom is 0.276 e. The Morgan fingerprint density at radius 3 is 2.76 bits per heavy atom. The van der Waals surface area contributed by atoms with Crippen molar-refractivity contribution in [3.63, 3.8) is 0 Å². The topological polar surface area (TPSA) is 80.3 Å². The van der Waals surface area contributed by atoms with Crippen molar-refractivity contribution in [1.82, 2.24) is 20.3 Å². The molecule has 0 bridgehead atoms. The van der Waals surface area contributed by atoms with Crippen molar-refractivity contribution < 1.29 is 14.3 Å². The monoisotopic (exact) mass is 342 g/mol. The first-order chi connectivity index (χ1) is 12.2. The number of aromatic amines is 1. The molecule has 1 N–H and O–H groups in total. The van der Waals surface area contributed by atoms with Gasteiger partial charge in [-0.25, -0.2) is 0 Å². The van der Waals surface area contributed by atoms with Crippen LogP contribution >= 0.6 is 0 Å². The molecule has 0 unspecified atom stereocenters. The van der Waals surface area contributed by atoms with E-state index in [0.29, 0.717) is 17.9 Å². The van der Waals surface area contributed by atoms with Crippen LogP contribution in [0.1, 0.15) is 53.8 Å². The summed E-state index contributed by atoms with van der Waals surface area (Å²) in [6.07, 6.45) is 5.63. The maximum absolute atomic E-state index is 13.1. The van der Waals surface area contributed by atoms with Gasteiger partial charge in [0.05, 0.1) is 5.69 Å². The summed E-state index contributed by atoms with van der Waals surface area (Å²) < 4.78 is 10.8. The number of benzene rings is 1. The Morgan fingerprint density at radius 1 is 1.20 bits per heavy atom. The molecule has 0 radical (unpaired) electrons. The molecule has 7 nitrogen and oxygen atoms in total. The molecule has 25 heavy (non-hydrogen) atoms.